The molecule has 2 aliphatic rings. The van der Waals surface area contributed by atoms with Crippen LogP contribution in [0.5, 0.6) is 0 Å². The van der Waals surface area contributed by atoms with E-state index < -0.39 is 5.60 Å². The van der Waals surface area contributed by atoms with Crippen LogP contribution in [0.2, 0.25) is 5.02 Å². The third kappa shape index (κ3) is 3.90. The Kier molecular flexibility index (Phi) is 5.26. The second-order valence-electron chi connectivity index (χ2n) is 9.23. The van der Waals surface area contributed by atoms with Gasteiger partial charge in [-0.1, -0.05) is 11.6 Å². The molecule has 1 aromatic carbocycles. The number of carbonyl (C=O) groups is 2. The highest BCUT2D eigenvalue weighted by Crippen LogP contribution is 2.45. The number of nitrogens with zero attached hydrogens (tertiary/aromatic N) is 2. The smallest absolute Gasteiger partial charge is 0.410 e. The maximum Gasteiger partial charge on any atom is 0.410 e. The van der Waals surface area contributed by atoms with E-state index >= 15 is 0 Å². The molecule has 4 rings (SSSR count). The summed E-state index contributed by atoms with van der Waals surface area (Å²) in [5.74, 6) is 0.997. The fraction of sp³-hybridized carbons (Fsp3) is 0.500. The van der Waals surface area contributed by atoms with Gasteiger partial charge in [-0.15, -0.1) is 0 Å². The normalized spacial score (nSPS) is 23.1. The van der Waals surface area contributed by atoms with Gasteiger partial charge in [0.1, 0.15) is 5.60 Å². The van der Waals surface area contributed by atoms with Crippen molar-refractivity contribution in [2.45, 2.75) is 32.8 Å². The molecule has 0 bridgehead atoms. The Morgan fingerprint density at radius 2 is 2.13 bits per heavy atom. The van der Waals surface area contributed by atoms with Gasteiger partial charge in [-0.2, -0.15) is 0 Å². The number of nitrogen functional groups attached to an aromatic ring is 1. The van der Waals surface area contributed by atoms with Gasteiger partial charge in [0, 0.05) is 31.2 Å². The molecule has 2 fully saturated rings. The summed E-state index contributed by atoms with van der Waals surface area (Å²) in [5, 5.41) is 4.03. The first-order valence-electron chi connectivity index (χ1n) is 10.2. The molecular formula is C22H27ClN4O3. The van der Waals surface area contributed by atoms with Gasteiger partial charge in [0.05, 0.1) is 21.8 Å². The van der Waals surface area contributed by atoms with Crippen LogP contribution in [0.25, 0.3) is 10.9 Å². The van der Waals surface area contributed by atoms with E-state index in [2.05, 4.69) is 10.3 Å². The van der Waals surface area contributed by atoms with E-state index in [0.29, 0.717) is 58.0 Å². The Morgan fingerprint density at radius 1 is 1.37 bits per heavy atom. The van der Waals surface area contributed by atoms with Crippen LogP contribution in [0.4, 0.5) is 10.5 Å². The zero-order chi connectivity index (χ0) is 21.6. The lowest BCUT2D eigenvalue weighted by Gasteiger charge is -2.39. The number of likely N-dealkylation sites (tertiary alicyclic amines) is 1. The van der Waals surface area contributed by atoms with E-state index in [4.69, 9.17) is 22.1 Å². The lowest BCUT2D eigenvalue weighted by molar-refractivity contribution is 0.0286. The highest BCUT2D eigenvalue weighted by atomic mass is 35.5. The van der Waals surface area contributed by atoms with Crippen molar-refractivity contribution in [3.8, 4) is 0 Å². The van der Waals surface area contributed by atoms with Crippen molar-refractivity contribution in [2.75, 3.05) is 25.4 Å². The van der Waals surface area contributed by atoms with Gasteiger partial charge < -0.3 is 20.7 Å². The van der Waals surface area contributed by atoms with Gasteiger partial charge in [0.2, 0.25) is 0 Å². The van der Waals surface area contributed by atoms with Crippen LogP contribution in [-0.4, -0.2) is 47.1 Å². The quantitative estimate of drug-likeness (QED) is 0.723. The van der Waals surface area contributed by atoms with E-state index in [-0.39, 0.29) is 12.0 Å². The van der Waals surface area contributed by atoms with E-state index in [0.717, 1.165) is 13.0 Å². The molecule has 3 unspecified atom stereocenters. The van der Waals surface area contributed by atoms with Crippen molar-refractivity contribution < 1.29 is 14.3 Å². The third-order valence-corrected chi connectivity index (χ3v) is 6.32. The summed E-state index contributed by atoms with van der Waals surface area (Å²) in [4.78, 5) is 31.3. The molecule has 1 saturated carbocycles. The highest BCUT2D eigenvalue weighted by molar-refractivity contribution is 6.35. The minimum atomic E-state index is -0.497. The summed E-state index contributed by atoms with van der Waals surface area (Å²) < 4.78 is 5.49. The maximum atomic E-state index is 12.9. The molecule has 1 aromatic heterocycles. The number of hydrogen-bond acceptors (Lipinski definition) is 5. The number of anilines is 1. The molecule has 1 aliphatic carbocycles. The average Bonchev–Trinajstić information content (AvgIpc) is 3.00. The molecule has 160 valence electrons. The Balaban J connectivity index is 1.38. The van der Waals surface area contributed by atoms with Crippen molar-refractivity contribution >= 4 is 40.2 Å². The summed E-state index contributed by atoms with van der Waals surface area (Å²) in [5.41, 5.74) is 6.91. The SMILES string of the molecule is CC(C)(C)OC(=O)N1CC2CC(CNC(=O)c3cc(Cl)c(N)c4cccnc34)C2C1. The number of nitrogens with one attached hydrogen (secondary N) is 1. The van der Waals surface area contributed by atoms with Crippen LogP contribution < -0.4 is 11.1 Å². The fourth-order valence-electron chi connectivity index (χ4n) is 4.49. The summed E-state index contributed by atoms with van der Waals surface area (Å²) in [6, 6.07) is 5.15. The van der Waals surface area contributed by atoms with E-state index in [1.165, 1.54) is 0 Å². The minimum absolute atomic E-state index is 0.217. The molecule has 0 radical (unpaired) electrons. The summed E-state index contributed by atoms with van der Waals surface area (Å²) in [6.07, 6.45) is 2.37. The van der Waals surface area contributed by atoms with Gasteiger partial charge in [0.25, 0.3) is 5.91 Å². The van der Waals surface area contributed by atoms with E-state index in [9.17, 15) is 9.59 Å². The molecule has 2 aromatic rings. The Labute approximate surface area is 180 Å². The number of pyridine rings is 1. The third-order valence-electron chi connectivity index (χ3n) is 6.01. The number of nitrogens with two attached hydrogens (primary N) is 1. The van der Waals surface area contributed by atoms with Gasteiger partial charge in [-0.05, 0) is 63.1 Å². The average molecular weight is 431 g/mol. The summed E-state index contributed by atoms with van der Waals surface area (Å²) >= 11 is 6.22. The predicted octanol–water partition coefficient (Wildman–Crippen LogP) is 3.70. The Hall–Kier alpha value is -2.54. The van der Waals surface area contributed by atoms with Gasteiger partial charge in [-0.3, -0.25) is 9.78 Å². The van der Waals surface area contributed by atoms with Crippen molar-refractivity contribution in [3.05, 3.63) is 35.0 Å². The first-order valence-corrected chi connectivity index (χ1v) is 10.6. The number of rotatable bonds is 3. The highest BCUT2D eigenvalue weighted by Gasteiger charge is 2.48. The topological polar surface area (TPSA) is 97.5 Å². The predicted molar refractivity (Wildman–Crippen MR) is 116 cm³/mol. The van der Waals surface area contributed by atoms with Crippen LogP contribution in [-0.2, 0) is 4.74 Å². The number of ether oxygens (including phenoxy) is 1. The number of carbonyl (C=O) groups excluding carboxylic acids is 2. The number of hydrogen-bond donors (Lipinski definition) is 2. The van der Waals surface area contributed by atoms with E-state index in [1.807, 2.05) is 20.8 Å². The molecule has 2 heterocycles. The Bertz CT molecular complexity index is 1000. The van der Waals surface area contributed by atoms with E-state index in [1.54, 1.807) is 29.3 Å². The molecule has 3 atom stereocenters. The van der Waals surface area contributed by atoms with Crippen LogP contribution in [0.3, 0.4) is 0 Å². The van der Waals surface area contributed by atoms with Crippen LogP contribution in [0, 0.1) is 17.8 Å². The molecule has 2 amide bonds. The van der Waals surface area contributed by atoms with Crippen LogP contribution in [0.15, 0.2) is 24.4 Å². The molecular weight excluding hydrogens is 404 g/mol. The molecule has 1 saturated heterocycles. The monoisotopic (exact) mass is 430 g/mol. The second-order valence-corrected chi connectivity index (χ2v) is 9.64. The number of halogens is 1. The molecule has 1 aliphatic heterocycles. The molecule has 8 heteroatoms. The second kappa shape index (κ2) is 7.61. The van der Waals surface area contributed by atoms with Crippen molar-refractivity contribution in [1.29, 1.82) is 0 Å². The number of benzene rings is 1. The van der Waals surface area contributed by atoms with Gasteiger partial charge >= 0.3 is 6.09 Å². The Morgan fingerprint density at radius 3 is 2.87 bits per heavy atom. The molecule has 0 spiro atoms. The summed E-state index contributed by atoms with van der Waals surface area (Å²) in [6.45, 7) is 7.57. The summed E-state index contributed by atoms with van der Waals surface area (Å²) in [7, 11) is 0. The number of amides is 2. The van der Waals surface area contributed by atoms with Crippen molar-refractivity contribution in [3.63, 3.8) is 0 Å². The zero-order valence-electron chi connectivity index (χ0n) is 17.4. The minimum Gasteiger partial charge on any atom is -0.444 e. The maximum absolute atomic E-state index is 12.9. The zero-order valence-corrected chi connectivity index (χ0v) is 18.2. The molecule has 7 nitrogen and oxygen atoms in total. The first kappa shape index (κ1) is 20.7. The lowest BCUT2D eigenvalue weighted by Crippen LogP contribution is -2.43. The van der Waals surface area contributed by atoms with Crippen molar-refractivity contribution in [1.82, 2.24) is 15.2 Å². The molecule has 3 N–H and O–H groups in total. The fourth-order valence-corrected chi connectivity index (χ4v) is 4.70. The van der Waals surface area contributed by atoms with Gasteiger partial charge in [0.15, 0.2) is 0 Å². The van der Waals surface area contributed by atoms with Gasteiger partial charge in [-0.25, -0.2) is 4.79 Å². The van der Waals surface area contributed by atoms with Crippen LogP contribution in [0.1, 0.15) is 37.6 Å². The van der Waals surface area contributed by atoms with Crippen LogP contribution >= 0.6 is 11.6 Å². The molecule has 30 heavy (non-hydrogen) atoms. The standard InChI is InChI=1S/C22H27ClN4O3/c1-22(2,3)30-21(29)27-10-13-7-12(16(13)11-27)9-26-20(28)15-8-17(23)18(24)14-5-4-6-25-19(14)15/h4-6,8,12-13,16H,7,9-11,24H2,1-3H3,(H,26,28). The number of fused-ring (bicyclic) bond motifs is 2. The largest absolute Gasteiger partial charge is 0.444 e. The van der Waals surface area contributed by atoms with Crippen molar-refractivity contribution in [2.24, 2.45) is 17.8 Å². The first-order chi connectivity index (χ1) is 14.1. The lowest BCUT2D eigenvalue weighted by atomic mass is 9.67. The number of aromatic nitrogens is 1.